The third kappa shape index (κ3) is 4.58. The van der Waals surface area contributed by atoms with Crippen molar-refractivity contribution < 1.29 is 23.5 Å². The van der Waals surface area contributed by atoms with Crippen LogP contribution in [0.2, 0.25) is 0 Å². The summed E-state index contributed by atoms with van der Waals surface area (Å²) in [6.07, 6.45) is 4.15. The molecule has 32 heavy (non-hydrogen) atoms. The van der Waals surface area contributed by atoms with Crippen molar-refractivity contribution >= 4 is 17.6 Å². The predicted octanol–water partition coefficient (Wildman–Crippen LogP) is 2.83. The molecule has 2 aromatic rings. The van der Waals surface area contributed by atoms with Gasteiger partial charge in [0.05, 0.1) is 24.9 Å². The number of para-hydroxylation sites is 1. The van der Waals surface area contributed by atoms with Gasteiger partial charge in [0.25, 0.3) is 5.91 Å². The fourth-order valence-electron chi connectivity index (χ4n) is 4.31. The number of amides is 3. The van der Waals surface area contributed by atoms with Crippen LogP contribution < -0.4 is 5.32 Å². The quantitative estimate of drug-likeness (QED) is 0.527. The van der Waals surface area contributed by atoms with Gasteiger partial charge in [0, 0.05) is 38.6 Å². The number of rotatable bonds is 7. The Balaban J connectivity index is 1.39. The van der Waals surface area contributed by atoms with Gasteiger partial charge >= 0.3 is 6.03 Å². The zero-order valence-corrected chi connectivity index (χ0v) is 17.9. The van der Waals surface area contributed by atoms with Crippen LogP contribution in [0.3, 0.4) is 0 Å². The summed E-state index contributed by atoms with van der Waals surface area (Å²) in [5.74, 6) is -0.515. The van der Waals surface area contributed by atoms with Crippen molar-refractivity contribution in [3.8, 4) is 0 Å². The molecule has 1 aromatic heterocycles. The molecule has 0 bridgehead atoms. The number of nitrogens with zero attached hydrogens (tertiary/aromatic N) is 3. The number of piperidine rings is 1. The van der Waals surface area contributed by atoms with Gasteiger partial charge < -0.3 is 24.6 Å². The fourth-order valence-corrected chi connectivity index (χ4v) is 4.31. The SMILES string of the molecule is COCCO[C@H]1C(=O)N(C2CCN(C(=O)Nc3ccccc3F)CC2)[C@H]1c1ccncc1. The van der Waals surface area contributed by atoms with Crippen LogP contribution in [0, 0.1) is 5.82 Å². The molecule has 9 heteroatoms. The first-order chi connectivity index (χ1) is 15.6. The van der Waals surface area contributed by atoms with Gasteiger partial charge in [-0.05, 0) is 42.7 Å². The van der Waals surface area contributed by atoms with E-state index in [1.165, 1.54) is 12.1 Å². The van der Waals surface area contributed by atoms with E-state index in [9.17, 15) is 14.0 Å². The lowest BCUT2D eigenvalue weighted by atomic mass is 9.86. The largest absolute Gasteiger partial charge is 0.382 e. The van der Waals surface area contributed by atoms with Crippen molar-refractivity contribution in [2.24, 2.45) is 0 Å². The standard InChI is InChI=1S/C23H27FN4O4/c1-31-14-15-32-21-20(16-6-10-25-11-7-16)28(22(21)29)17-8-12-27(13-9-17)23(30)26-19-5-3-2-4-18(19)24/h2-7,10-11,17,20-21H,8-9,12-15H2,1H3,(H,26,30)/t20-,21+/m0/s1. The third-order valence-electron chi connectivity index (χ3n) is 5.98. The van der Waals surface area contributed by atoms with E-state index >= 15 is 0 Å². The van der Waals surface area contributed by atoms with Crippen molar-refractivity contribution in [3.05, 3.63) is 60.2 Å². The second kappa shape index (κ2) is 10.1. The highest BCUT2D eigenvalue weighted by Crippen LogP contribution is 2.40. The number of benzene rings is 1. The van der Waals surface area contributed by atoms with E-state index in [0.717, 1.165) is 5.56 Å². The molecular weight excluding hydrogens is 415 g/mol. The number of urea groups is 1. The van der Waals surface area contributed by atoms with Crippen molar-refractivity contribution in [2.45, 2.75) is 31.0 Å². The maximum absolute atomic E-state index is 13.8. The number of ether oxygens (including phenoxy) is 2. The average molecular weight is 442 g/mol. The molecule has 170 valence electrons. The summed E-state index contributed by atoms with van der Waals surface area (Å²) in [6.45, 7) is 1.72. The van der Waals surface area contributed by atoms with Gasteiger partial charge in [-0.15, -0.1) is 0 Å². The lowest BCUT2D eigenvalue weighted by Gasteiger charge is -2.52. The number of carbonyl (C=O) groups is 2. The van der Waals surface area contributed by atoms with Crippen molar-refractivity contribution in [2.75, 3.05) is 38.7 Å². The first-order valence-electron chi connectivity index (χ1n) is 10.7. The Morgan fingerprint density at radius 2 is 1.88 bits per heavy atom. The molecule has 8 nitrogen and oxygen atoms in total. The van der Waals surface area contributed by atoms with Gasteiger partial charge in [-0.2, -0.15) is 0 Å². The molecule has 0 unspecified atom stereocenters. The van der Waals surface area contributed by atoms with Gasteiger partial charge in [-0.25, -0.2) is 9.18 Å². The van der Waals surface area contributed by atoms with Gasteiger partial charge in [-0.3, -0.25) is 9.78 Å². The molecule has 0 radical (unpaired) electrons. The van der Waals surface area contributed by atoms with Crippen LogP contribution in [-0.4, -0.2) is 72.3 Å². The van der Waals surface area contributed by atoms with Gasteiger partial charge in [0.15, 0.2) is 6.10 Å². The highest BCUT2D eigenvalue weighted by molar-refractivity contribution is 5.90. The summed E-state index contributed by atoms with van der Waals surface area (Å²) < 4.78 is 24.7. The van der Waals surface area contributed by atoms with E-state index in [2.05, 4.69) is 10.3 Å². The maximum atomic E-state index is 13.8. The Kier molecular flexibility index (Phi) is 6.96. The lowest BCUT2D eigenvalue weighted by Crippen LogP contribution is -2.65. The van der Waals surface area contributed by atoms with Crippen LogP contribution in [0.5, 0.6) is 0 Å². The second-order valence-electron chi connectivity index (χ2n) is 7.88. The molecule has 4 rings (SSSR count). The summed E-state index contributed by atoms with van der Waals surface area (Å²) in [5.41, 5.74) is 1.13. The monoisotopic (exact) mass is 442 g/mol. The van der Waals surface area contributed by atoms with Crippen LogP contribution in [0.4, 0.5) is 14.9 Å². The Morgan fingerprint density at radius 3 is 2.56 bits per heavy atom. The van der Waals surface area contributed by atoms with Crippen LogP contribution in [0.25, 0.3) is 0 Å². The summed E-state index contributed by atoms with van der Waals surface area (Å²) in [6, 6.07) is 9.35. The summed E-state index contributed by atoms with van der Waals surface area (Å²) >= 11 is 0. The first kappa shape index (κ1) is 22.2. The van der Waals surface area contributed by atoms with E-state index in [4.69, 9.17) is 9.47 Å². The van der Waals surface area contributed by atoms with Crippen LogP contribution in [0.15, 0.2) is 48.8 Å². The van der Waals surface area contributed by atoms with Gasteiger partial charge in [0.2, 0.25) is 0 Å². The number of carbonyl (C=O) groups excluding carboxylic acids is 2. The molecule has 2 aliphatic rings. The van der Waals surface area contributed by atoms with Crippen molar-refractivity contribution in [1.82, 2.24) is 14.8 Å². The Bertz CT molecular complexity index is 937. The van der Waals surface area contributed by atoms with Gasteiger partial charge in [0.1, 0.15) is 5.82 Å². The number of pyridine rings is 1. The molecule has 1 aromatic carbocycles. The second-order valence-corrected chi connectivity index (χ2v) is 7.88. The first-order valence-corrected chi connectivity index (χ1v) is 10.7. The average Bonchev–Trinajstić information content (AvgIpc) is 2.82. The van der Waals surface area contributed by atoms with Crippen LogP contribution in [0.1, 0.15) is 24.4 Å². The normalized spacial score (nSPS) is 21.4. The molecule has 2 fully saturated rings. The Labute approximate surface area is 186 Å². The van der Waals surface area contributed by atoms with E-state index in [1.54, 1.807) is 36.5 Å². The van der Waals surface area contributed by atoms with Crippen LogP contribution in [-0.2, 0) is 14.3 Å². The number of halogens is 1. The zero-order chi connectivity index (χ0) is 22.5. The molecule has 1 N–H and O–H groups in total. The van der Waals surface area contributed by atoms with E-state index in [-0.39, 0.29) is 29.7 Å². The Hall–Kier alpha value is -3.04. The Morgan fingerprint density at radius 1 is 1.16 bits per heavy atom. The fraction of sp³-hybridized carbons (Fsp3) is 0.435. The zero-order valence-electron chi connectivity index (χ0n) is 17.9. The topological polar surface area (TPSA) is 84.0 Å². The number of likely N-dealkylation sites (tertiary alicyclic amines) is 2. The number of nitrogens with one attached hydrogen (secondary N) is 1. The third-order valence-corrected chi connectivity index (χ3v) is 5.98. The minimum atomic E-state index is -0.546. The highest BCUT2D eigenvalue weighted by atomic mass is 19.1. The number of anilines is 1. The molecule has 2 saturated heterocycles. The summed E-state index contributed by atoms with van der Waals surface area (Å²) in [5, 5.41) is 2.62. The number of aromatic nitrogens is 1. The molecule has 0 aliphatic carbocycles. The maximum Gasteiger partial charge on any atom is 0.321 e. The van der Waals surface area contributed by atoms with Crippen LogP contribution >= 0.6 is 0 Å². The minimum absolute atomic E-state index is 0.000418. The van der Waals surface area contributed by atoms with Crippen molar-refractivity contribution in [3.63, 3.8) is 0 Å². The number of β-lactam (4-membered cyclic amide) rings is 1. The van der Waals surface area contributed by atoms with Gasteiger partial charge in [-0.1, -0.05) is 12.1 Å². The lowest BCUT2D eigenvalue weighted by molar-refractivity contribution is -0.183. The highest BCUT2D eigenvalue weighted by Gasteiger charge is 2.52. The van der Waals surface area contributed by atoms with E-state index in [1.807, 2.05) is 17.0 Å². The molecule has 3 heterocycles. The number of hydrogen-bond acceptors (Lipinski definition) is 5. The summed E-state index contributed by atoms with van der Waals surface area (Å²) in [7, 11) is 1.59. The molecular formula is C23H27FN4O4. The smallest absolute Gasteiger partial charge is 0.321 e. The summed E-state index contributed by atoms with van der Waals surface area (Å²) in [4.78, 5) is 33.1. The molecule has 2 aliphatic heterocycles. The molecule has 3 amide bonds. The number of hydrogen-bond donors (Lipinski definition) is 1. The molecule has 0 spiro atoms. The molecule has 2 atom stereocenters. The minimum Gasteiger partial charge on any atom is -0.382 e. The molecule has 0 saturated carbocycles. The van der Waals surface area contributed by atoms with Crippen molar-refractivity contribution in [1.29, 1.82) is 0 Å². The predicted molar refractivity (Wildman–Crippen MR) is 115 cm³/mol. The van der Waals surface area contributed by atoms with E-state index in [0.29, 0.717) is 39.1 Å². The number of methoxy groups -OCH3 is 1. The van der Waals surface area contributed by atoms with E-state index < -0.39 is 11.9 Å².